The highest BCUT2D eigenvalue weighted by atomic mass is 16.6. The third kappa shape index (κ3) is 3.56. The molecule has 4 aromatic rings. The SMILES string of the molecule is O=C(OCc1nc(-c2ccc([N+](=O)[O-])cc2)no1)c1ccc2ccccc2c1. The van der Waals surface area contributed by atoms with Crippen molar-refractivity contribution in [2.75, 3.05) is 0 Å². The minimum absolute atomic E-state index is 0.0308. The summed E-state index contributed by atoms with van der Waals surface area (Å²) in [7, 11) is 0. The van der Waals surface area contributed by atoms with E-state index in [9.17, 15) is 14.9 Å². The van der Waals surface area contributed by atoms with Gasteiger partial charge in [0, 0.05) is 17.7 Å². The topological polar surface area (TPSA) is 108 Å². The van der Waals surface area contributed by atoms with Crippen LogP contribution in [0.4, 0.5) is 5.69 Å². The number of rotatable bonds is 5. The lowest BCUT2D eigenvalue weighted by Crippen LogP contribution is -2.05. The van der Waals surface area contributed by atoms with Crippen LogP contribution in [0.5, 0.6) is 0 Å². The van der Waals surface area contributed by atoms with Crippen molar-refractivity contribution in [1.29, 1.82) is 0 Å². The van der Waals surface area contributed by atoms with E-state index in [0.717, 1.165) is 10.8 Å². The molecular weight excluding hydrogens is 362 g/mol. The highest BCUT2D eigenvalue weighted by molar-refractivity contribution is 5.95. The molecule has 138 valence electrons. The van der Waals surface area contributed by atoms with E-state index in [1.165, 1.54) is 24.3 Å². The standard InChI is InChI=1S/C20H13N3O5/c24-20(16-6-5-13-3-1-2-4-15(13)11-16)27-12-18-21-19(22-28-18)14-7-9-17(10-8-14)23(25)26/h1-11H,12H2. The Morgan fingerprint density at radius 3 is 2.54 bits per heavy atom. The summed E-state index contributed by atoms with van der Waals surface area (Å²) < 4.78 is 10.3. The van der Waals surface area contributed by atoms with Crippen LogP contribution in [0.25, 0.3) is 22.2 Å². The Morgan fingerprint density at radius 1 is 1.04 bits per heavy atom. The van der Waals surface area contributed by atoms with Gasteiger partial charge in [0.2, 0.25) is 5.82 Å². The molecule has 8 nitrogen and oxygen atoms in total. The molecule has 0 aliphatic carbocycles. The predicted molar refractivity (Wildman–Crippen MR) is 99.5 cm³/mol. The Kier molecular flexibility index (Phi) is 4.51. The van der Waals surface area contributed by atoms with Crippen molar-refractivity contribution in [3.8, 4) is 11.4 Å². The van der Waals surface area contributed by atoms with Crippen LogP contribution in [0.15, 0.2) is 71.3 Å². The molecule has 0 bridgehead atoms. The number of hydrogen-bond donors (Lipinski definition) is 0. The molecule has 28 heavy (non-hydrogen) atoms. The van der Waals surface area contributed by atoms with Gasteiger partial charge < -0.3 is 9.26 Å². The number of fused-ring (bicyclic) bond motifs is 1. The van der Waals surface area contributed by atoms with Crippen molar-refractivity contribution in [3.63, 3.8) is 0 Å². The molecule has 0 aliphatic rings. The number of nitro benzene ring substituents is 1. The highest BCUT2D eigenvalue weighted by Crippen LogP contribution is 2.20. The molecule has 0 fully saturated rings. The molecule has 0 saturated heterocycles. The Hall–Kier alpha value is -4.07. The molecule has 3 aromatic carbocycles. The van der Waals surface area contributed by atoms with Crippen molar-refractivity contribution in [3.05, 3.63) is 88.3 Å². The molecular formula is C20H13N3O5. The summed E-state index contributed by atoms with van der Waals surface area (Å²) in [6.07, 6.45) is 0. The van der Waals surface area contributed by atoms with Crippen LogP contribution in [0.2, 0.25) is 0 Å². The van der Waals surface area contributed by atoms with Gasteiger partial charge in [-0.15, -0.1) is 0 Å². The van der Waals surface area contributed by atoms with Crippen LogP contribution in [-0.4, -0.2) is 21.0 Å². The molecule has 4 rings (SSSR count). The lowest BCUT2D eigenvalue weighted by molar-refractivity contribution is -0.384. The Labute approximate surface area is 158 Å². The molecule has 8 heteroatoms. The van der Waals surface area contributed by atoms with Crippen LogP contribution in [-0.2, 0) is 11.3 Å². The van der Waals surface area contributed by atoms with Crippen molar-refractivity contribution in [1.82, 2.24) is 10.1 Å². The fraction of sp³-hybridized carbons (Fsp3) is 0.0500. The number of ether oxygens (including phenoxy) is 1. The van der Waals surface area contributed by atoms with E-state index < -0.39 is 10.9 Å². The number of non-ortho nitro benzene ring substituents is 1. The van der Waals surface area contributed by atoms with Gasteiger partial charge in [-0.3, -0.25) is 10.1 Å². The van der Waals surface area contributed by atoms with E-state index in [4.69, 9.17) is 9.26 Å². The van der Waals surface area contributed by atoms with E-state index >= 15 is 0 Å². The number of nitrogens with zero attached hydrogens (tertiary/aromatic N) is 3. The lowest BCUT2D eigenvalue weighted by Gasteiger charge is -2.03. The normalized spacial score (nSPS) is 10.7. The van der Waals surface area contributed by atoms with Gasteiger partial charge in [-0.05, 0) is 35.0 Å². The quantitative estimate of drug-likeness (QED) is 0.293. The first-order valence-electron chi connectivity index (χ1n) is 8.33. The summed E-state index contributed by atoms with van der Waals surface area (Å²) in [5, 5.41) is 16.5. The number of aromatic nitrogens is 2. The summed E-state index contributed by atoms with van der Waals surface area (Å²) in [6, 6.07) is 18.8. The first-order valence-corrected chi connectivity index (χ1v) is 8.33. The third-order valence-corrected chi connectivity index (χ3v) is 4.12. The molecule has 1 aromatic heterocycles. The van der Waals surface area contributed by atoms with E-state index in [-0.39, 0.29) is 24.0 Å². The molecule has 0 atom stereocenters. The molecule has 1 heterocycles. The second-order valence-corrected chi connectivity index (χ2v) is 5.95. The van der Waals surface area contributed by atoms with Crippen molar-refractivity contribution in [2.45, 2.75) is 6.61 Å². The zero-order valence-corrected chi connectivity index (χ0v) is 14.4. The fourth-order valence-electron chi connectivity index (χ4n) is 2.69. The maximum Gasteiger partial charge on any atom is 0.338 e. The second-order valence-electron chi connectivity index (χ2n) is 5.95. The average Bonchev–Trinajstić information content (AvgIpc) is 3.21. The smallest absolute Gasteiger partial charge is 0.338 e. The molecule has 0 N–H and O–H groups in total. The third-order valence-electron chi connectivity index (χ3n) is 4.12. The Bertz CT molecular complexity index is 1170. The summed E-state index contributed by atoms with van der Waals surface area (Å²) in [4.78, 5) is 26.6. The molecule has 0 amide bonds. The van der Waals surface area contributed by atoms with Gasteiger partial charge in [0.1, 0.15) is 0 Å². The monoisotopic (exact) mass is 375 g/mol. The van der Waals surface area contributed by atoms with Crippen LogP contribution in [0.1, 0.15) is 16.2 Å². The van der Waals surface area contributed by atoms with Crippen LogP contribution < -0.4 is 0 Å². The zero-order valence-electron chi connectivity index (χ0n) is 14.4. The molecule has 0 unspecified atom stereocenters. The van der Waals surface area contributed by atoms with Crippen LogP contribution in [0.3, 0.4) is 0 Å². The van der Waals surface area contributed by atoms with E-state index in [0.29, 0.717) is 11.1 Å². The van der Waals surface area contributed by atoms with Gasteiger partial charge in [0.25, 0.3) is 11.6 Å². The van der Waals surface area contributed by atoms with Crippen molar-refractivity contribution in [2.24, 2.45) is 0 Å². The number of nitro groups is 1. The summed E-state index contributed by atoms with van der Waals surface area (Å²) in [6.45, 7) is -0.175. The van der Waals surface area contributed by atoms with Gasteiger partial charge in [-0.25, -0.2) is 4.79 Å². The van der Waals surface area contributed by atoms with Gasteiger partial charge in [-0.1, -0.05) is 35.5 Å². The first-order chi connectivity index (χ1) is 13.6. The largest absolute Gasteiger partial charge is 0.452 e. The predicted octanol–water partition coefficient (Wildman–Crippen LogP) is 4.16. The van der Waals surface area contributed by atoms with Crippen molar-refractivity contribution < 1.29 is 19.0 Å². The molecule has 0 radical (unpaired) electrons. The van der Waals surface area contributed by atoms with E-state index in [1.807, 2.05) is 30.3 Å². The summed E-state index contributed by atoms with van der Waals surface area (Å²) in [5.41, 5.74) is 0.951. The lowest BCUT2D eigenvalue weighted by atomic mass is 10.1. The average molecular weight is 375 g/mol. The van der Waals surface area contributed by atoms with Gasteiger partial charge in [-0.2, -0.15) is 4.98 Å². The number of hydrogen-bond acceptors (Lipinski definition) is 7. The summed E-state index contributed by atoms with van der Waals surface area (Å²) >= 11 is 0. The van der Waals surface area contributed by atoms with Crippen LogP contribution in [0, 0.1) is 10.1 Å². The van der Waals surface area contributed by atoms with E-state index in [2.05, 4.69) is 10.1 Å². The number of benzene rings is 3. The highest BCUT2D eigenvalue weighted by Gasteiger charge is 2.14. The Morgan fingerprint density at radius 2 is 1.79 bits per heavy atom. The molecule has 0 aliphatic heterocycles. The Balaban J connectivity index is 1.43. The number of carbonyl (C=O) groups is 1. The molecule has 0 saturated carbocycles. The van der Waals surface area contributed by atoms with Crippen molar-refractivity contribution >= 4 is 22.4 Å². The first kappa shape index (κ1) is 17.3. The maximum absolute atomic E-state index is 12.3. The van der Waals surface area contributed by atoms with Gasteiger partial charge in [0.15, 0.2) is 6.61 Å². The second kappa shape index (κ2) is 7.28. The minimum atomic E-state index is -0.499. The summed E-state index contributed by atoms with van der Waals surface area (Å²) in [5.74, 6) is -0.116. The van der Waals surface area contributed by atoms with E-state index in [1.54, 1.807) is 12.1 Å². The van der Waals surface area contributed by atoms with Gasteiger partial charge >= 0.3 is 5.97 Å². The fourth-order valence-corrected chi connectivity index (χ4v) is 2.69. The minimum Gasteiger partial charge on any atom is -0.452 e. The number of carbonyl (C=O) groups excluding carboxylic acids is 1. The van der Waals surface area contributed by atoms with Gasteiger partial charge in [0.05, 0.1) is 10.5 Å². The van der Waals surface area contributed by atoms with Crippen LogP contribution >= 0.6 is 0 Å². The number of esters is 1. The zero-order chi connectivity index (χ0) is 19.5. The molecule has 0 spiro atoms. The maximum atomic E-state index is 12.3.